The van der Waals surface area contributed by atoms with Crippen molar-refractivity contribution < 1.29 is 5.11 Å². The molecule has 0 aliphatic carbocycles. The number of hydrogen-bond donors (Lipinski definition) is 1. The van der Waals surface area contributed by atoms with E-state index in [0.29, 0.717) is 12.6 Å². The van der Waals surface area contributed by atoms with E-state index < -0.39 is 0 Å². The Labute approximate surface area is 96.5 Å². The molecule has 1 N–H and O–H groups in total. The summed E-state index contributed by atoms with van der Waals surface area (Å²) < 4.78 is 0. The predicted octanol–water partition coefficient (Wildman–Crippen LogP) is 2.28. The maximum Gasteiger partial charge on any atom is 0.0694 e. The molecule has 0 fully saturated rings. The lowest BCUT2D eigenvalue weighted by Gasteiger charge is -2.26. The van der Waals surface area contributed by atoms with E-state index in [4.69, 9.17) is 16.7 Å². The number of rotatable bonds is 5. The zero-order valence-electron chi connectivity index (χ0n) is 9.23. The second-order valence-electron chi connectivity index (χ2n) is 3.81. The third-order valence-corrected chi connectivity index (χ3v) is 2.90. The van der Waals surface area contributed by atoms with Crippen molar-refractivity contribution in [2.24, 2.45) is 0 Å². The first-order valence-corrected chi connectivity index (χ1v) is 5.59. The van der Waals surface area contributed by atoms with Crippen LogP contribution in [0.5, 0.6) is 0 Å². The maximum atomic E-state index is 8.88. The molecule has 1 aromatic carbocycles. The SMILES string of the molecule is C[C@H](c1ccccc1)N(C)CC(Cl)CO. The predicted molar refractivity (Wildman–Crippen MR) is 64.2 cm³/mol. The zero-order valence-corrected chi connectivity index (χ0v) is 9.98. The summed E-state index contributed by atoms with van der Waals surface area (Å²) in [4.78, 5) is 2.14. The Kier molecular flexibility index (Phi) is 5.09. The van der Waals surface area contributed by atoms with Crippen LogP contribution in [0, 0.1) is 0 Å². The quantitative estimate of drug-likeness (QED) is 0.781. The van der Waals surface area contributed by atoms with Crippen LogP contribution in [-0.2, 0) is 0 Å². The van der Waals surface area contributed by atoms with E-state index in [2.05, 4.69) is 24.0 Å². The molecule has 0 saturated carbocycles. The molecule has 0 amide bonds. The monoisotopic (exact) mass is 227 g/mol. The molecule has 0 radical (unpaired) electrons. The molecule has 0 aliphatic rings. The molecule has 1 aromatic rings. The number of nitrogens with zero attached hydrogens (tertiary/aromatic N) is 1. The summed E-state index contributed by atoms with van der Waals surface area (Å²) in [5.74, 6) is 0. The van der Waals surface area contributed by atoms with Crippen LogP contribution in [0.2, 0.25) is 0 Å². The molecule has 0 heterocycles. The summed E-state index contributed by atoms with van der Waals surface area (Å²) in [6.07, 6.45) is 0. The Balaban J connectivity index is 2.57. The fourth-order valence-electron chi connectivity index (χ4n) is 1.51. The summed E-state index contributed by atoms with van der Waals surface area (Å²) in [5.41, 5.74) is 1.27. The minimum atomic E-state index is -0.193. The van der Waals surface area contributed by atoms with Crippen LogP contribution in [-0.4, -0.2) is 35.6 Å². The van der Waals surface area contributed by atoms with Crippen LogP contribution in [0.4, 0.5) is 0 Å². The number of aliphatic hydroxyl groups is 1. The fraction of sp³-hybridized carbons (Fsp3) is 0.500. The first-order valence-electron chi connectivity index (χ1n) is 5.15. The molecule has 15 heavy (non-hydrogen) atoms. The van der Waals surface area contributed by atoms with Crippen molar-refractivity contribution in [3.63, 3.8) is 0 Å². The lowest BCUT2D eigenvalue weighted by molar-refractivity contribution is 0.220. The van der Waals surface area contributed by atoms with E-state index in [0.717, 1.165) is 0 Å². The molecule has 2 nitrogen and oxygen atoms in total. The summed E-state index contributed by atoms with van der Waals surface area (Å²) in [6.45, 7) is 2.85. The van der Waals surface area contributed by atoms with Gasteiger partial charge < -0.3 is 5.11 Å². The maximum absolute atomic E-state index is 8.88. The second-order valence-corrected chi connectivity index (χ2v) is 4.42. The highest BCUT2D eigenvalue weighted by Gasteiger charge is 2.14. The zero-order chi connectivity index (χ0) is 11.3. The number of hydrogen-bond acceptors (Lipinski definition) is 2. The van der Waals surface area contributed by atoms with Crippen LogP contribution in [0.3, 0.4) is 0 Å². The Morgan fingerprint density at radius 3 is 2.47 bits per heavy atom. The smallest absolute Gasteiger partial charge is 0.0694 e. The number of halogens is 1. The topological polar surface area (TPSA) is 23.5 Å². The van der Waals surface area contributed by atoms with Gasteiger partial charge in [-0.05, 0) is 19.5 Å². The average molecular weight is 228 g/mol. The normalized spacial score (nSPS) is 15.3. The highest BCUT2D eigenvalue weighted by atomic mass is 35.5. The largest absolute Gasteiger partial charge is 0.395 e. The van der Waals surface area contributed by atoms with Crippen molar-refractivity contribution in [1.29, 1.82) is 0 Å². The van der Waals surface area contributed by atoms with Gasteiger partial charge in [0.25, 0.3) is 0 Å². The van der Waals surface area contributed by atoms with Gasteiger partial charge in [-0.1, -0.05) is 30.3 Å². The van der Waals surface area contributed by atoms with Crippen LogP contribution >= 0.6 is 11.6 Å². The summed E-state index contributed by atoms with van der Waals surface area (Å²) in [7, 11) is 2.02. The number of benzene rings is 1. The van der Waals surface area contributed by atoms with Gasteiger partial charge in [-0.25, -0.2) is 0 Å². The summed E-state index contributed by atoms with van der Waals surface area (Å²) >= 11 is 5.90. The van der Waals surface area contributed by atoms with Crippen molar-refractivity contribution in [3.05, 3.63) is 35.9 Å². The van der Waals surface area contributed by atoms with Crippen molar-refractivity contribution >= 4 is 11.6 Å². The molecule has 0 aliphatic heterocycles. The minimum absolute atomic E-state index is 0.0212. The van der Waals surface area contributed by atoms with Crippen molar-refractivity contribution in [3.8, 4) is 0 Å². The Hall–Kier alpha value is -0.570. The molecule has 1 unspecified atom stereocenters. The Morgan fingerprint density at radius 2 is 1.93 bits per heavy atom. The molecule has 2 atom stereocenters. The van der Waals surface area contributed by atoms with E-state index in [1.165, 1.54) is 5.56 Å². The highest BCUT2D eigenvalue weighted by Crippen LogP contribution is 2.18. The van der Waals surface area contributed by atoms with Gasteiger partial charge in [-0.2, -0.15) is 0 Å². The molecule has 0 aromatic heterocycles. The molecule has 3 heteroatoms. The van der Waals surface area contributed by atoms with E-state index in [-0.39, 0.29) is 12.0 Å². The van der Waals surface area contributed by atoms with Gasteiger partial charge in [0, 0.05) is 12.6 Å². The van der Waals surface area contributed by atoms with Gasteiger partial charge >= 0.3 is 0 Å². The lowest BCUT2D eigenvalue weighted by atomic mass is 10.1. The van der Waals surface area contributed by atoms with Crippen molar-refractivity contribution in [1.82, 2.24) is 4.90 Å². The molecule has 0 spiro atoms. The summed E-state index contributed by atoms with van der Waals surface area (Å²) in [6, 6.07) is 10.6. The molecular weight excluding hydrogens is 210 g/mol. The van der Waals surface area contributed by atoms with Gasteiger partial charge in [0.05, 0.1) is 12.0 Å². The van der Waals surface area contributed by atoms with E-state index >= 15 is 0 Å². The van der Waals surface area contributed by atoms with Crippen molar-refractivity contribution in [2.75, 3.05) is 20.2 Å². The van der Waals surface area contributed by atoms with Gasteiger partial charge in [0.2, 0.25) is 0 Å². The van der Waals surface area contributed by atoms with Gasteiger partial charge in [-0.15, -0.1) is 11.6 Å². The van der Waals surface area contributed by atoms with E-state index in [1.807, 2.05) is 25.2 Å². The van der Waals surface area contributed by atoms with Crippen molar-refractivity contribution in [2.45, 2.75) is 18.3 Å². The molecule has 0 saturated heterocycles. The Bertz CT molecular complexity index is 278. The third-order valence-electron chi connectivity index (χ3n) is 2.63. The first kappa shape index (κ1) is 12.5. The highest BCUT2D eigenvalue weighted by molar-refractivity contribution is 6.20. The Morgan fingerprint density at radius 1 is 1.33 bits per heavy atom. The van der Waals surface area contributed by atoms with Gasteiger partial charge in [0.15, 0.2) is 0 Å². The average Bonchev–Trinajstić information content (AvgIpc) is 2.29. The number of aliphatic hydroxyl groups excluding tert-OH is 1. The van der Waals surface area contributed by atoms with Crippen LogP contribution in [0.1, 0.15) is 18.5 Å². The summed E-state index contributed by atoms with van der Waals surface area (Å²) in [5, 5.41) is 8.68. The van der Waals surface area contributed by atoms with Crippen LogP contribution in [0.25, 0.3) is 0 Å². The van der Waals surface area contributed by atoms with E-state index in [9.17, 15) is 0 Å². The van der Waals surface area contributed by atoms with Gasteiger partial charge in [-0.3, -0.25) is 4.90 Å². The fourth-order valence-corrected chi connectivity index (χ4v) is 1.73. The second kappa shape index (κ2) is 6.11. The van der Waals surface area contributed by atoms with E-state index in [1.54, 1.807) is 0 Å². The standard InChI is InChI=1S/C12H18ClNO/c1-10(11-6-4-3-5-7-11)14(2)8-12(13)9-15/h3-7,10,12,15H,8-9H2,1-2H3/t10-,12?/m1/s1. The lowest BCUT2D eigenvalue weighted by Crippen LogP contribution is -2.30. The molecule has 84 valence electrons. The first-order chi connectivity index (χ1) is 7.15. The van der Waals surface area contributed by atoms with Gasteiger partial charge in [0.1, 0.15) is 0 Å². The van der Waals surface area contributed by atoms with Crippen LogP contribution < -0.4 is 0 Å². The minimum Gasteiger partial charge on any atom is -0.395 e. The molecule has 1 rings (SSSR count). The number of alkyl halides is 1. The van der Waals surface area contributed by atoms with Crippen LogP contribution in [0.15, 0.2) is 30.3 Å². The third kappa shape index (κ3) is 3.82. The molecule has 0 bridgehead atoms. The molecular formula is C12H18ClNO.